The Morgan fingerprint density at radius 2 is 1.83 bits per heavy atom. The smallest absolute Gasteiger partial charge is 0.287 e. The quantitative estimate of drug-likeness (QED) is 0.772. The van der Waals surface area contributed by atoms with Gasteiger partial charge in [-0.15, -0.1) is 0 Å². The van der Waals surface area contributed by atoms with Crippen molar-refractivity contribution >= 4 is 5.78 Å². The van der Waals surface area contributed by atoms with E-state index >= 15 is 0 Å². The van der Waals surface area contributed by atoms with Crippen LogP contribution in [-0.2, 0) is 13.2 Å². The van der Waals surface area contributed by atoms with E-state index in [-0.39, 0.29) is 11.3 Å². The number of benzene rings is 1. The van der Waals surface area contributed by atoms with Crippen LogP contribution in [0.15, 0.2) is 30.5 Å². The summed E-state index contributed by atoms with van der Waals surface area (Å²) < 4.78 is 37.0. The molecule has 0 fully saturated rings. The highest BCUT2D eigenvalue weighted by atomic mass is 19.4. The molecule has 0 N–H and O–H groups in total. The lowest BCUT2D eigenvalue weighted by Gasteiger charge is -2.06. The Balaban J connectivity index is 2.28. The average Bonchev–Trinajstić information content (AvgIpc) is 2.74. The van der Waals surface area contributed by atoms with Crippen LogP contribution in [0.2, 0.25) is 0 Å². The molecular formula is C11H8F3N3O. The van der Waals surface area contributed by atoms with Crippen LogP contribution in [0, 0.1) is 0 Å². The molecule has 0 radical (unpaired) electrons. The highest BCUT2D eigenvalue weighted by Gasteiger charge is 2.30. The van der Waals surface area contributed by atoms with Crippen LogP contribution in [0.3, 0.4) is 0 Å². The lowest BCUT2D eigenvalue weighted by Crippen LogP contribution is -2.07. The van der Waals surface area contributed by atoms with E-state index in [9.17, 15) is 18.0 Å². The molecule has 7 heteroatoms. The molecule has 0 unspecified atom stereocenters. The number of carbonyl (C=O) groups is 1. The molecule has 0 amide bonds. The van der Waals surface area contributed by atoms with E-state index in [0.717, 1.165) is 24.3 Å². The molecule has 1 aromatic carbocycles. The SMILES string of the molecule is Cn1ncc(C(=O)c2ccc(C(F)(F)F)cc2)n1. The summed E-state index contributed by atoms with van der Waals surface area (Å²) in [6.45, 7) is 0. The Morgan fingerprint density at radius 3 is 2.28 bits per heavy atom. The Labute approximate surface area is 100 Å². The van der Waals surface area contributed by atoms with Gasteiger partial charge in [0.2, 0.25) is 5.78 Å². The van der Waals surface area contributed by atoms with Crippen LogP contribution < -0.4 is 0 Å². The molecule has 18 heavy (non-hydrogen) atoms. The molecule has 2 aromatic rings. The zero-order valence-electron chi connectivity index (χ0n) is 9.27. The van der Waals surface area contributed by atoms with Crippen molar-refractivity contribution in [3.8, 4) is 0 Å². The second-order valence-electron chi connectivity index (χ2n) is 3.62. The molecule has 2 rings (SSSR count). The number of ketones is 1. The number of hydrogen-bond acceptors (Lipinski definition) is 3. The molecule has 0 atom stereocenters. The summed E-state index contributed by atoms with van der Waals surface area (Å²) in [6, 6.07) is 3.98. The molecule has 0 spiro atoms. The van der Waals surface area contributed by atoms with E-state index in [0.29, 0.717) is 0 Å². The minimum atomic E-state index is -4.41. The van der Waals surface area contributed by atoms with Gasteiger partial charge in [0, 0.05) is 12.6 Å². The highest BCUT2D eigenvalue weighted by molar-refractivity contribution is 6.07. The first-order chi connectivity index (χ1) is 8.38. The average molecular weight is 255 g/mol. The molecule has 4 nitrogen and oxygen atoms in total. The Hall–Kier alpha value is -2.18. The van der Waals surface area contributed by atoms with E-state index in [1.54, 1.807) is 7.05 Å². The van der Waals surface area contributed by atoms with E-state index in [1.165, 1.54) is 11.0 Å². The largest absolute Gasteiger partial charge is 0.416 e. The number of aromatic nitrogens is 3. The van der Waals surface area contributed by atoms with E-state index in [1.807, 2.05) is 0 Å². The molecule has 0 saturated carbocycles. The van der Waals surface area contributed by atoms with E-state index in [4.69, 9.17) is 0 Å². The molecule has 1 aromatic heterocycles. The predicted octanol–water partition coefficient (Wildman–Crippen LogP) is 2.06. The van der Waals surface area contributed by atoms with Crippen molar-refractivity contribution in [3.63, 3.8) is 0 Å². The lowest BCUT2D eigenvalue weighted by atomic mass is 10.1. The molecule has 1 heterocycles. The normalized spacial score (nSPS) is 11.6. The van der Waals surface area contributed by atoms with E-state index in [2.05, 4.69) is 10.2 Å². The van der Waals surface area contributed by atoms with Crippen molar-refractivity contribution in [1.29, 1.82) is 0 Å². The van der Waals surface area contributed by atoms with Gasteiger partial charge in [-0.3, -0.25) is 4.79 Å². The molecule has 0 bridgehead atoms. The monoisotopic (exact) mass is 255 g/mol. The predicted molar refractivity (Wildman–Crippen MR) is 55.9 cm³/mol. The van der Waals surface area contributed by atoms with Crippen molar-refractivity contribution in [3.05, 3.63) is 47.3 Å². The summed E-state index contributed by atoms with van der Waals surface area (Å²) in [4.78, 5) is 13.0. The van der Waals surface area contributed by atoms with Crippen LogP contribution in [0.5, 0.6) is 0 Å². The minimum Gasteiger partial charge on any atom is -0.287 e. The number of carbonyl (C=O) groups excluding carboxylic acids is 1. The van der Waals surface area contributed by atoms with Gasteiger partial charge in [0.25, 0.3) is 0 Å². The van der Waals surface area contributed by atoms with Gasteiger partial charge in [-0.1, -0.05) is 12.1 Å². The first-order valence-electron chi connectivity index (χ1n) is 4.96. The van der Waals surface area contributed by atoms with Crippen LogP contribution >= 0.6 is 0 Å². The van der Waals surface area contributed by atoms with Crippen LogP contribution in [0.25, 0.3) is 0 Å². The number of aryl methyl sites for hydroxylation is 1. The fourth-order valence-corrected chi connectivity index (χ4v) is 1.41. The van der Waals surface area contributed by atoms with Crippen molar-refractivity contribution in [2.24, 2.45) is 7.05 Å². The zero-order valence-corrected chi connectivity index (χ0v) is 9.27. The lowest BCUT2D eigenvalue weighted by molar-refractivity contribution is -0.137. The minimum absolute atomic E-state index is 0.0947. The van der Waals surface area contributed by atoms with Gasteiger partial charge in [0.1, 0.15) is 0 Å². The third-order valence-electron chi connectivity index (χ3n) is 2.31. The molecule has 0 saturated heterocycles. The van der Waals surface area contributed by atoms with Gasteiger partial charge >= 0.3 is 6.18 Å². The topological polar surface area (TPSA) is 47.8 Å². The Kier molecular flexibility index (Phi) is 2.90. The summed E-state index contributed by atoms with van der Waals surface area (Å²) in [5, 5.41) is 7.52. The number of hydrogen-bond donors (Lipinski definition) is 0. The van der Waals surface area contributed by atoms with Crippen LogP contribution in [0.4, 0.5) is 13.2 Å². The third-order valence-corrected chi connectivity index (χ3v) is 2.31. The summed E-state index contributed by atoms with van der Waals surface area (Å²) in [7, 11) is 1.55. The van der Waals surface area contributed by atoms with Gasteiger partial charge in [-0.25, -0.2) is 0 Å². The maximum atomic E-state index is 12.3. The van der Waals surface area contributed by atoms with E-state index < -0.39 is 17.5 Å². The summed E-state index contributed by atoms with van der Waals surface area (Å²) in [5.41, 5.74) is -0.557. The first-order valence-corrected chi connectivity index (χ1v) is 4.96. The number of alkyl halides is 3. The molecule has 0 aliphatic heterocycles. The first kappa shape index (κ1) is 12.3. The van der Waals surface area contributed by atoms with Crippen LogP contribution in [-0.4, -0.2) is 20.8 Å². The molecular weight excluding hydrogens is 247 g/mol. The van der Waals surface area contributed by atoms with Crippen molar-refractivity contribution < 1.29 is 18.0 Å². The van der Waals surface area contributed by atoms with Gasteiger partial charge in [-0.2, -0.15) is 28.2 Å². The fraction of sp³-hybridized carbons (Fsp3) is 0.182. The van der Waals surface area contributed by atoms with Crippen molar-refractivity contribution in [1.82, 2.24) is 15.0 Å². The second kappa shape index (κ2) is 4.25. The van der Waals surface area contributed by atoms with Crippen LogP contribution in [0.1, 0.15) is 21.6 Å². The maximum Gasteiger partial charge on any atom is 0.416 e. The summed E-state index contributed by atoms with van der Waals surface area (Å²) in [5.74, 6) is -0.461. The van der Waals surface area contributed by atoms with Crippen molar-refractivity contribution in [2.45, 2.75) is 6.18 Å². The summed E-state index contributed by atoms with van der Waals surface area (Å²) >= 11 is 0. The number of rotatable bonds is 2. The highest BCUT2D eigenvalue weighted by Crippen LogP contribution is 2.29. The fourth-order valence-electron chi connectivity index (χ4n) is 1.41. The Bertz CT molecular complexity index is 572. The third kappa shape index (κ3) is 2.39. The number of halogens is 3. The maximum absolute atomic E-state index is 12.3. The standard InChI is InChI=1S/C11H8F3N3O/c1-17-15-6-9(16-17)10(18)7-2-4-8(5-3-7)11(12,13)14/h2-6H,1H3. The summed E-state index contributed by atoms with van der Waals surface area (Å²) in [6.07, 6.45) is -3.14. The Morgan fingerprint density at radius 1 is 1.22 bits per heavy atom. The van der Waals surface area contributed by atoms with Gasteiger partial charge in [0.05, 0.1) is 11.8 Å². The molecule has 0 aliphatic rings. The second-order valence-corrected chi connectivity index (χ2v) is 3.62. The van der Waals surface area contributed by atoms with Gasteiger partial charge in [0.15, 0.2) is 5.69 Å². The van der Waals surface area contributed by atoms with Gasteiger partial charge in [-0.05, 0) is 12.1 Å². The van der Waals surface area contributed by atoms with Gasteiger partial charge < -0.3 is 0 Å². The molecule has 0 aliphatic carbocycles. The number of nitrogens with zero attached hydrogens (tertiary/aromatic N) is 3. The van der Waals surface area contributed by atoms with Crippen molar-refractivity contribution in [2.75, 3.05) is 0 Å². The zero-order chi connectivity index (χ0) is 13.3. The molecule has 94 valence electrons.